The van der Waals surface area contributed by atoms with Gasteiger partial charge in [0.1, 0.15) is 0 Å². The fourth-order valence-electron chi connectivity index (χ4n) is 1.58. The summed E-state index contributed by atoms with van der Waals surface area (Å²) in [6.45, 7) is 10.6. The average molecular weight is 201 g/mol. The molecule has 1 nitrogen and oxygen atoms in total. The standard InChI is InChI=1S/C9H19N.2C2H6/c1-10-8-6-4-2-3-5-7-9-10;2*1-2/h2-9H2,1H3;2*1-2H3. The van der Waals surface area contributed by atoms with Crippen LogP contribution in [0.2, 0.25) is 0 Å². The lowest BCUT2D eigenvalue weighted by molar-refractivity contribution is 0.327. The van der Waals surface area contributed by atoms with E-state index >= 15 is 0 Å². The predicted octanol–water partition coefficient (Wildman–Crippen LogP) is 4.32. The molecule has 1 rings (SSSR count). The largest absolute Gasteiger partial charge is 0.306 e. The van der Waals surface area contributed by atoms with Crippen LogP contribution in [0.15, 0.2) is 0 Å². The number of rotatable bonds is 0. The van der Waals surface area contributed by atoms with Crippen molar-refractivity contribution in [2.45, 2.75) is 66.2 Å². The van der Waals surface area contributed by atoms with Gasteiger partial charge >= 0.3 is 0 Å². The van der Waals surface area contributed by atoms with Crippen LogP contribution >= 0.6 is 0 Å². The zero-order valence-electron chi connectivity index (χ0n) is 11.1. The van der Waals surface area contributed by atoms with Gasteiger partial charge in [0.25, 0.3) is 0 Å². The van der Waals surface area contributed by atoms with E-state index in [1.165, 1.54) is 51.6 Å². The van der Waals surface area contributed by atoms with Crippen LogP contribution in [0.5, 0.6) is 0 Å². The van der Waals surface area contributed by atoms with E-state index in [-0.39, 0.29) is 0 Å². The van der Waals surface area contributed by atoms with Crippen LogP contribution in [-0.4, -0.2) is 25.0 Å². The summed E-state index contributed by atoms with van der Waals surface area (Å²) in [5.41, 5.74) is 0. The third-order valence-electron chi connectivity index (χ3n) is 2.33. The van der Waals surface area contributed by atoms with Crippen molar-refractivity contribution in [1.82, 2.24) is 4.90 Å². The lowest BCUT2D eigenvalue weighted by Gasteiger charge is -2.13. The van der Waals surface area contributed by atoms with Gasteiger partial charge in [-0.05, 0) is 33.0 Å². The topological polar surface area (TPSA) is 3.24 Å². The first-order valence-electron chi connectivity index (χ1n) is 6.58. The fraction of sp³-hybridized carbons (Fsp3) is 1.00. The molecule has 14 heavy (non-hydrogen) atoms. The van der Waals surface area contributed by atoms with Crippen molar-refractivity contribution >= 4 is 0 Å². The Morgan fingerprint density at radius 3 is 1.21 bits per heavy atom. The van der Waals surface area contributed by atoms with Crippen molar-refractivity contribution in [1.29, 1.82) is 0 Å². The molecule has 0 aromatic heterocycles. The van der Waals surface area contributed by atoms with Crippen molar-refractivity contribution in [3.8, 4) is 0 Å². The molecule has 0 N–H and O–H groups in total. The lowest BCUT2D eigenvalue weighted by atomic mass is 10.1. The molecule has 0 aliphatic carbocycles. The van der Waals surface area contributed by atoms with E-state index in [2.05, 4.69) is 11.9 Å². The molecule has 1 aliphatic rings. The SMILES string of the molecule is CC.CC.CN1CCCCCCCC1. The van der Waals surface area contributed by atoms with Gasteiger partial charge in [0.2, 0.25) is 0 Å². The maximum Gasteiger partial charge on any atom is -0.00218 e. The van der Waals surface area contributed by atoms with Gasteiger partial charge in [-0.25, -0.2) is 0 Å². The van der Waals surface area contributed by atoms with Crippen LogP contribution in [0.3, 0.4) is 0 Å². The van der Waals surface area contributed by atoms with E-state index in [0.717, 1.165) is 0 Å². The zero-order chi connectivity index (χ0) is 11.2. The third kappa shape index (κ3) is 12.0. The molecule has 1 fully saturated rings. The van der Waals surface area contributed by atoms with Crippen LogP contribution in [0.4, 0.5) is 0 Å². The summed E-state index contributed by atoms with van der Waals surface area (Å²) in [5, 5.41) is 0. The van der Waals surface area contributed by atoms with Crippen molar-refractivity contribution < 1.29 is 0 Å². The van der Waals surface area contributed by atoms with Crippen molar-refractivity contribution in [2.24, 2.45) is 0 Å². The van der Waals surface area contributed by atoms with Crippen molar-refractivity contribution in [3.63, 3.8) is 0 Å². The normalized spacial score (nSPS) is 18.6. The molecule has 0 atom stereocenters. The molecule has 0 amide bonds. The van der Waals surface area contributed by atoms with Crippen LogP contribution < -0.4 is 0 Å². The maximum atomic E-state index is 2.46. The second-order valence-electron chi connectivity index (χ2n) is 3.42. The number of nitrogens with zero attached hydrogens (tertiary/aromatic N) is 1. The summed E-state index contributed by atoms with van der Waals surface area (Å²) in [6.07, 6.45) is 8.66. The predicted molar refractivity (Wildman–Crippen MR) is 67.9 cm³/mol. The second kappa shape index (κ2) is 15.4. The lowest BCUT2D eigenvalue weighted by Crippen LogP contribution is -2.20. The molecule has 0 bridgehead atoms. The Labute approximate surface area is 91.9 Å². The van der Waals surface area contributed by atoms with Gasteiger partial charge in [0, 0.05) is 0 Å². The third-order valence-corrected chi connectivity index (χ3v) is 2.33. The summed E-state index contributed by atoms with van der Waals surface area (Å²) >= 11 is 0. The Morgan fingerprint density at radius 1 is 0.571 bits per heavy atom. The number of hydrogen-bond donors (Lipinski definition) is 0. The van der Waals surface area contributed by atoms with E-state index in [1.54, 1.807) is 0 Å². The van der Waals surface area contributed by atoms with Crippen LogP contribution in [0.25, 0.3) is 0 Å². The Kier molecular flexibility index (Phi) is 18.1. The zero-order valence-corrected chi connectivity index (χ0v) is 11.1. The minimum absolute atomic E-state index is 1.32. The molecular formula is C13H31N. The Bertz CT molecular complexity index is 71.3. The molecule has 88 valence electrons. The van der Waals surface area contributed by atoms with E-state index in [4.69, 9.17) is 0 Å². The van der Waals surface area contributed by atoms with E-state index in [1.807, 2.05) is 27.7 Å². The maximum absolute atomic E-state index is 2.46. The van der Waals surface area contributed by atoms with Gasteiger partial charge in [-0.3, -0.25) is 0 Å². The van der Waals surface area contributed by atoms with Crippen molar-refractivity contribution in [3.05, 3.63) is 0 Å². The van der Waals surface area contributed by atoms with Gasteiger partial charge in [-0.15, -0.1) is 0 Å². The van der Waals surface area contributed by atoms with E-state index in [0.29, 0.717) is 0 Å². The molecule has 1 aliphatic heterocycles. The molecule has 0 saturated carbocycles. The number of hydrogen-bond acceptors (Lipinski definition) is 1. The minimum atomic E-state index is 1.32. The smallest absolute Gasteiger partial charge is 0.00218 e. The van der Waals surface area contributed by atoms with E-state index < -0.39 is 0 Å². The van der Waals surface area contributed by atoms with E-state index in [9.17, 15) is 0 Å². The average Bonchev–Trinajstić information content (AvgIpc) is 2.38. The van der Waals surface area contributed by atoms with Gasteiger partial charge < -0.3 is 4.90 Å². The highest BCUT2D eigenvalue weighted by Crippen LogP contribution is 2.09. The van der Waals surface area contributed by atoms with Gasteiger partial charge in [0.05, 0.1) is 0 Å². The molecule has 0 unspecified atom stereocenters. The minimum Gasteiger partial charge on any atom is -0.306 e. The monoisotopic (exact) mass is 201 g/mol. The molecule has 1 heterocycles. The van der Waals surface area contributed by atoms with Gasteiger partial charge in [-0.2, -0.15) is 0 Å². The summed E-state index contributed by atoms with van der Waals surface area (Å²) in [6, 6.07) is 0. The Balaban J connectivity index is 0. The molecule has 0 spiro atoms. The Hall–Kier alpha value is -0.0400. The highest BCUT2D eigenvalue weighted by Gasteiger charge is 2.00. The molecule has 1 heteroatoms. The van der Waals surface area contributed by atoms with Crippen LogP contribution in [0, 0.1) is 0 Å². The van der Waals surface area contributed by atoms with Crippen LogP contribution in [-0.2, 0) is 0 Å². The summed E-state index contributed by atoms with van der Waals surface area (Å²) in [7, 11) is 2.24. The summed E-state index contributed by atoms with van der Waals surface area (Å²) < 4.78 is 0. The Morgan fingerprint density at radius 2 is 0.857 bits per heavy atom. The highest BCUT2D eigenvalue weighted by atomic mass is 15.1. The fourth-order valence-corrected chi connectivity index (χ4v) is 1.58. The van der Waals surface area contributed by atoms with Crippen LogP contribution in [0.1, 0.15) is 66.2 Å². The molecule has 0 aromatic rings. The van der Waals surface area contributed by atoms with Gasteiger partial charge in [-0.1, -0.05) is 53.4 Å². The highest BCUT2D eigenvalue weighted by molar-refractivity contribution is 4.56. The molecule has 0 radical (unpaired) electrons. The summed E-state index contributed by atoms with van der Waals surface area (Å²) in [4.78, 5) is 2.46. The molecule has 1 saturated heterocycles. The van der Waals surface area contributed by atoms with Crippen molar-refractivity contribution in [2.75, 3.05) is 20.1 Å². The summed E-state index contributed by atoms with van der Waals surface area (Å²) in [5.74, 6) is 0. The molecule has 0 aromatic carbocycles. The molecular weight excluding hydrogens is 170 g/mol. The first-order chi connectivity index (χ1) is 6.89. The van der Waals surface area contributed by atoms with Gasteiger partial charge in [0.15, 0.2) is 0 Å². The second-order valence-corrected chi connectivity index (χ2v) is 3.42. The quantitative estimate of drug-likeness (QED) is 0.564. The first-order valence-corrected chi connectivity index (χ1v) is 6.58. The first kappa shape index (κ1) is 16.4.